The number of halogens is 2. The van der Waals surface area contributed by atoms with E-state index in [0.29, 0.717) is 49.4 Å². The van der Waals surface area contributed by atoms with Crippen molar-refractivity contribution in [1.29, 1.82) is 5.26 Å². The zero-order valence-corrected chi connectivity index (χ0v) is 22.6. The zero-order valence-electron chi connectivity index (χ0n) is 22.6. The van der Waals surface area contributed by atoms with Crippen LogP contribution in [0.4, 0.5) is 8.78 Å². The van der Waals surface area contributed by atoms with Crippen LogP contribution in [0.3, 0.4) is 0 Å². The number of amides is 1. The number of aliphatic hydroxyl groups excluding tert-OH is 1. The summed E-state index contributed by atoms with van der Waals surface area (Å²) in [5.74, 6) is -0.458. The van der Waals surface area contributed by atoms with Crippen molar-refractivity contribution in [2.75, 3.05) is 32.7 Å². The number of hydrogen-bond donors (Lipinski definition) is 1. The standard InChI is InChI=1S/C31H39F2N3O2/c1-3-31(33,4-2)21-35-14-11-22(12-15-35)5-6-23-7-8-24(17-26(23)19-34)25-9-10-28(29(32)18-25)30(38)36-16-13-27(37)20-36/h7-10,17-18,22,27,37H,3-6,11-16,20-21H2,1-2H3. The van der Waals surface area contributed by atoms with Crippen LogP contribution >= 0.6 is 0 Å². The van der Waals surface area contributed by atoms with Gasteiger partial charge in [0.15, 0.2) is 0 Å². The first kappa shape index (κ1) is 28.2. The lowest BCUT2D eigenvalue weighted by Crippen LogP contribution is -2.43. The van der Waals surface area contributed by atoms with E-state index in [2.05, 4.69) is 11.0 Å². The summed E-state index contributed by atoms with van der Waals surface area (Å²) in [6.45, 7) is 6.84. The number of β-amino-alcohol motifs (C(OH)–C–C–N with tert-alkyl or cyclic N) is 1. The summed E-state index contributed by atoms with van der Waals surface area (Å²) in [6.07, 6.45) is 4.93. The van der Waals surface area contributed by atoms with Gasteiger partial charge in [0.2, 0.25) is 0 Å². The molecule has 2 aromatic carbocycles. The lowest BCUT2D eigenvalue weighted by molar-refractivity contribution is 0.0628. The van der Waals surface area contributed by atoms with Crippen molar-refractivity contribution in [1.82, 2.24) is 9.80 Å². The van der Waals surface area contributed by atoms with Gasteiger partial charge in [0.25, 0.3) is 5.91 Å². The molecule has 4 rings (SSSR count). The maximum atomic E-state index is 14.9. The zero-order chi connectivity index (χ0) is 27.3. The Morgan fingerprint density at radius 3 is 2.37 bits per heavy atom. The number of hydrogen-bond acceptors (Lipinski definition) is 4. The summed E-state index contributed by atoms with van der Waals surface area (Å²) in [5.41, 5.74) is 1.81. The molecule has 1 amide bonds. The summed E-state index contributed by atoms with van der Waals surface area (Å²) in [6, 6.07) is 12.5. The minimum absolute atomic E-state index is 0.00684. The Labute approximate surface area is 225 Å². The van der Waals surface area contributed by atoms with E-state index in [-0.39, 0.29) is 12.1 Å². The van der Waals surface area contributed by atoms with Gasteiger partial charge in [-0.15, -0.1) is 0 Å². The molecule has 0 aliphatic carbocycles. The van der Waals surface area contributed by atoms with Crippen molar-refractivity contribution < 1.29 is 18.7 Å². The first-order valence-corrected chi connectivity index (χ1v) is 14.0. The fourth-order valence-corrected chi connectivity index (χ4v) is 5.71. The van der Waals surface area contributed by atoms with E-state index < -0.39 is 23.5 Å². The number of nitrogens with zero attached hydrogens (tertiary/aromatic N) is 3. The Morgan fingerprint density at radius 1 is 1.08 bits per heavy atom. The number of carbonyl (C=O) groups is 1. The molecule has 0 saturated carbocycles. The van der Waals surface area contributed by atoms with Crippen molar-refractivity contribution in [3.05, 3.63) is 58.9 Å². The molecule has 1 N–H and O–H groups in total. The molecule has 204 valence electrons. The first-order valence-electron chi connectivity index (χ1n) is 14.0. The molecule has 2 aliphatic heterocycles. The van der Waals surface area contributed by atoms with Crippen LogP contribution in [0.25, 0.3) is 11.1 Å². The smallest absolute Gasteiger partial charge is 0.256 e. The van der Waals surface area contributed by atoms with E-state index in [0.717, 1.165) is 49.9 Å². The number of likely N-dealkylation sites (tertiary alicyclic amines) is 2. The van der Waals surface area contributed by atoms with E-state index in [9.17, 15) is 23.9 Å². The van der Waals surface area contributed by atoms with Crippen LogP contribution in [-0.4, -0.2) is 65.3 Å². The van der Waals surface area contributed by atoms with E-state index in [1.807, 2.05) is 26.0 Å². The van der Waals surface area contributed by atoms with Crippen molar-refractivity contribution >= 4 is 5.91 Å². The SMILES string of the molecule is CCC(F)(CC)CN1CCC(CCc2ccc(-c3ccc(C(=O)N4CCC(O)C4)c(F)c3)cc2C#N)CC1. The van der Waals surface area contributed by atoms with Gasteiger partial charge in [0.1, 0.15) is 11.5 Å². The monoisotopic (exact) mass is 523 g/mol. The Morgan fingerprint density at radius 2 is 1.76 bits per heavy atom. The lowest BCUT2D eigenvalue weighted by atomic mass is 9.88. The van der Waals surface area contributed by atoms with Gasteiger partial charge >= 0.3 is 0 Å². The molecule has 2 heterocycles. The third-order valence-corrected chi connectivity index (χ3v) is 8.52. The van der Waals surface area contributed by atoms with Crippen LogP contribution in [0.15, 0.2) is 36.4 Å². The quantitative estimate of drug-likeness (QED) is 0.455. The van der Waals surface area contributed by atoms with Gasteiger partial charge in [0, 0.05) is 19.6 Å². The molecule has 1 atom stereocenters. The van der Waals surface area contributed by atoms with Crippen molar-refractivity contribution in [3.8, 4) is 17.2 Å². The lowest BCUT2D eigenvalue weighted by Gasteiger charge is -2.36. The summed E-state index contributed by atoms with van der Waals surface area (Å²) < 4.78 is 29.7. The minimum atomic E-state index is -1.09. The average Bonchev–Trinajstić information content (AvgIpc) is 3.38. The molecule has 0 spiro atoms. The second-order valence-corrected chi connectivity index (χ2v) is 11.0. The second-order valence-electron chi connectivity index (χ2n) is 11.0. The number of piperidine rings is 1. The highest BCUT2D eigenvalue weighted by molar-refractivity contribution is 5.95. The molecular formula is C31H39F2N3O2. The number of carbonyl (C=O) groups excluding carboxylic acids is 1. The summed E-state index contributed by atoms with van der Waals surface area (Å²) in [7, 11) is 0. The van der Waals surface area contributed by atoms with Gasteiger partial charge in [-0.2, -0.15) is 5.26 Å². The third kappa shape index (κ3) is 6.59. The highest BCUT2D eigenvalue weighted by Gasteiger charge is 2.30. The normalized spacial score (nSPS) is 19.1. The molecule has 1 unspecified atom stereocenters. The Hall–Kier alpha value is -2.82. The summed E-state index contributed by atoms with van der Waals surface area (Å²) >= 11 is 0. The molecule has 38 heavy (non-hydrogen) atoms. The first-order chi connectivity index (χ1) is 18.2. The van der Waals surface area contributed by atoms with Gasteiger partial charge < -0.3 is 14.9 Å². The molecule has 2 aliphatic rings. The molecule has 0 bridgehead atoms. The Kier molecular flexibility index (Phi) is 9.17. The number of aryl methyl sites for hydroxylation is 1. The highest BCUT2D eigenvalue weighted by atomic mass is 19.1. The van der Waals surface area contributed by atoms with Crippen molar-refractivity contribution in [2.45, 2.75) is 70.6 Å². The van der Waals surface area contributed by atoms with Gasteiger partial charge in [-0.1, -0.05) is 32.0 Å². The number of nitriles is 1. The highest BCUT2D eigenvalue weighted by Crippen LogP contribution is 2.30. The van der Waals surface area contributed by atoms with Crippen LogP contribution < -0.4 is 0 Å². The van der Waals surface area contributed by atoms with Gasteiger partial charge in [-0.05, 0) is 98.8 Å². The maximum Gasteiger partial charge on any atom is 0.256 e. The predicted molar refractivity (Wildman–Crippen MR) is 145 cm³/mol. The molecule has 2 fully saturated rings. The van der Waals surface area contributed by atoms with Crippen LogP contribution in [0.1, 0.15) is 73.9 Å². The summed E-state index contributed by atoms with van der Waals surface area (Å²) in [5, 5.41) is 19.5. The fourth-order valence-electron chi connectivity index (χ4n) is 5.71. The number of benzene rings is 2. The number of aliphatic hydroxyl groups is 1. The molecule has 2 aromatic rings. The molecular weight excluding hydrogens is 484 g/mol. The average molecular weight is 524 g/mol. The van der Waals surface area contributed by atoms with E-state index in [4.69, 9.17) is 0 Å². The van der Waals surface area contributed by atoms with Crippen LogP contribution in [-0.2, 0) is 6.42 Å². The Bertz CT molecular complexity index is 1170. The largest absolute Gasteiger partial charge is 0.391 e. The second kappa shape index (κ2) is 12.4. The topological polar surface area (TPSA) is 67.6 Å². The van der Waals surface area contributed by atoms with E-state index in [1.165, 1.54) is 17.0 Å². The number of alkyl halides is 1. The fraction of sp³-hybridized carbons (Fsp3) is 0.548. The minimum Gasteiger partial charge on any atom is -0.391 e. The van der Waals surface area contributed by atoms with Gasteiger partial charge in [-0.25, -0.2) is 8.78 Å². The third-order valence-electron chi connectivity index (χ3n) is 8.52. The predicted octanol–water partition coefficient (Wildman–Crippen LogP) is 5.74. The molecule has 2 saturated heterocycles. The van der Waals surface area contributed by atoms with Gasteiger partial charge in [0.05, 0.1) is 23.3 Å². The van der Waals surface area contributed by atoms with Crippen LogP contribution in [0.2, 0.25) is 0 Å². The molecule has 7 heteroatoms. The molecule has 0 radical (unpaired) electrons. The molecule has 0 aromatic heterocycles. The van der Waals surface area contributed by atoms with E-state index in [1.54, 1.807) is 12.1 Å². The number of rotatable bonds is 9. The van der Waals surface area contributed by atoms with Gasteiger partial charge in [-0.3, -0.25) is 4.79 Å². The van der Waals surface area contributed by atoms with E-state index >= 15 is 0 Å². The Balaban J connectivity index is 1.36. The van der Waals surface area contributed by atoms with Crippen molar-refractivity contribution in [3.63, 3.8) is 0 Å². The van der Waals surface area contributed by atoms with Crippen LogP contribution in [0, 0.1) is 23.1 Å². The summed E-state index contributed by atoms with van der Waals surface area (Å²) in [4.78, 5) is 16.4. The van der Waals surface area contributed by atoms with Crippen molar-refractivity contribution in [2.24, 2.45) is 5.92 Å². The van der Waals surface area contributed by atoms with Crippen LogP contribution in [0.5, 0.6) is 0 Å². The maximum absolute atomic E-state index is 14.9. The molecule has 5 nitrogen and oxygen atoms in total.